The number of rotatable bonds is 2. The predicted molar refractivity (Wildman–Crippen MR) is 66.2 cm³/mol. The summed E-state index contributed by atoms with van der Waals surface area (Å²) in [6, 6.07) is 4.41. The monoisotopic (exact) mass is 251 g/mol. The normalized spacial score (nSPS) is 10.4. The van der Waals surface area contributed by atoms with Gasteiger partial charge in [-0.25, -0.2) is 9.37 Å². The van der Waals surface area contributed by atoms with Crippen molar-refractivity contribution >= 4 is 23.1 Å². The fourth-order valence-electron chi connectivity index (χ4n) is 1.32. The Balaban J connectivity index is 2.25. The van der Waals surface area contributed by atoms with Crippen molar-refractivity contribution in [1.29, 1.82) is 0 Å². The lowest BCUT2D eigenvalue weighted by atomic mass is 10.3. The van der Waals surface area contributed by atoms with Gasteiger partial charge in [0.1, 0.15) is 11.6 Å². The molecule has 1 aromatic heterocycles. The van der Waals surface area contributed by atoms with E-state index in [0.29, 0.717) is 11.5 Å². The number of benzene rings is 1. The Labute approximate surface area is 104 Å². The van der Waals surface area contributed by atoms with E-state index in [2.05, 4.69) is 15.3 Å². The molecule has 0 radical (unpaired) electrons. The van der Waals surface area contributed by atoms with Crippen LogP contribution in [0.1, 0.15) is 11.4 Å². The van der Waals surface area contributed by atoms with Crippen LogP contribution < -0.4 is 5.32 Å². The first-order chi connectivity index (χ1) is 8.06. The van der Waals surface area contributed by atoms with Gasteiger partial charge in [-0.1, -0.05) is 11.6 Å². The molecule has 0 aliphatic heterocycles. The summed E-state index contributed by atoms with van der Waals surface area (Å²) < 4.78 is 13.0. The molecule has 3 nitrogen and oxygen atoms in total. The van der Waals surface area contributed by atoms with Crippen LogP contribution in [-0.4, -0.2) is 9.97 Å². The molecule has 0 spiro atoms. The van der Waals surface area contributed by atoms with E-state index in [1.165, 1.54) is 12.1 Å². The van der Waals surface area contributed by atoms with Gasteiger partial charge in [-0.2, -0.15) is 0 Å². The molecule has 2 rings (SSSR count). The van der Waals surface area contributed by atoms with Crippen LogP contribution in [0.2, 0.25) is 5.02 Å². The minimum Gasteiger partial charge on any atom is -0.339 e. The van der Waals surface area contributed by atoms with Crippen molar-refractivity contribution in [3.05, 3.63) is 46.6 Å². The molecular formula is C12H11ClFN3. The highest BCUT2D eigenvalue weighted by molar-refractivity contribution is 6.31. The summed E-state index contributed by atoms with van der Waals surface area (Å²) in [7, 11) is 0. The van der Waals surface area contributed by atoms with Crippen LogP contribution in [0.3, 0.4) is 0 Å². The second-order valence-corrected chi connectivity index (χ2v) is 4.09. The Bertz CT molecular complexity index is 508. The maximum Gasteiger partial charge on any atom is 0.149 e. The quantitative estimate of drug-likeness (QED) is 0.886. The van der Waals surface area contributed by atoms with E-state index < -0.39 is 5.82 Å². The van der Waals surface area contributed by atoms with E-state index in [9.17, 15) is 4.39 Å². The summed E-state index contributed by atoms with van der Waals surface area (Å²) >= 11 is 5.69. The van der Waals surface area contributed by atoms with Gasteiger partial charge in [0.05, 0.1) is 22.6 Å². The lowest BCUT2D eigenvalue weighted by Crippen LogP contribution is -1.98. The van der Waals surface area contributed by atoms with Gasteiger partial charge < -0.3 is 5.32 Å². The second kappa shape index (κ2) is 4.67. The third-order valence-electron chi connectivity index (χ3n) is 2.38. The van der Waals surface area contributed by atoms with Gasteiger partial charge in [-0.05, 0) is 32.0 Å². The summed E-state index contributed by atoms with van der Waals surface area (Å²) in [5.41, 5.74) is 2.41. The van der Waals surface area contributed by atoms with Gasteiger partial charge in [-0.3, -0.25) is 4.98 Å². The average molecular weight is 252 g/mol. The van der Waals surface area contributed by atoms with Crippen LogP contribution in [0.25, 0.3) is 0 Å². The van der Waals surface area contributed by atoms with E-state index in [4.69, 9.17) is 11.6 Å². The molecule has 0 saturated heterocycles. The molecule has 0 amide bonds. The molecule has 0 aliphatic carbocycles. The van der Waals surface area contributed by atoms with Gasteiger partial charge >= 0.3 is 0 Å². The van der Waals surface area contributed by atoms with Gasteiger partial charge in [0.25, 0.3) is 0 Å². The molecule has 1 N–H and O–H groups in total. The number of nitrogens with zero attached hydrogens (tertiary/aromatic N) is 2. The fourth-order valence-corrected chi connectivity index (χ4v) is 1.50. The average Bonchev–Trinajstić information content (AvgIpc) is 2.29. The highest BCUT2D eigenvalue weighted by Crippen LogP contribution is 2.21. The summed E-state index contributed by atoms with van der Waals surface area (Å²) in [5.74, 6) is 0.166. The highest BCUT2D eigenvalue weighted by Gasteiger charge is 2.03. The van der Waals surface area contributed by atoms with Crippen molar-refractivity contribution in [2.24, 2.45) is 0 Å². The predicted octanol–water partition coefficient (Wildman–Crippen LogP) is 3.63. The Hall–Kier alpha value is -1.68. The Morgan fingerprint density at radius 3 is 2.65 bits per heavy atom. The second-order valence-electron chi connectivity index (χ2n) is 3.68. The van der Waals surface area contributed by atoms with Crippen molar-refractivity contribution in [2.75, 3.05) is 5.32 Å². The molecule has 0 aliphatic rings. The van der Waals surface area contributed by atoms with Gasteiger partial charge in [0, 0.05) is 5.69 Å². The number of halogens is 2. The van der Waals surface area contributed by atoms with Gasteiger partial charge in [0.2, 0.25) is 0 Å². The first kappa shape index (κ1) is 11.8. The molecule has 0 bridgehead atoms. The molecule has 17 heavy (non-hydrogen) atoms. The molecular weight excluding hydrogens is 241 g/mol. The van der Waals surface area contributed by atoms with Crippen molar-refractivity contribution in [3.8, 4) is 0 Å². The lowest BCUT2D eigenvalue weighted by Gasteiger charge is -2.07. The standard InChI is InChI=1S/C12H11ClFN3/c1-7-8(2)16-12(6-15-7)17-9-3-4-11(14)10(13)5-9/h3-6H,1-2H3,(H,16,17). The Kier molecular flexibility index (Phi) is 3.24. The number of aromatic nitrogens is 2. The largest absolute Gasteiger partial charge is 0.339 e. The third-order valence-corrected chi connectivity index (χ3v) is 2.67. The lowest BCUT2D eigenvalue weighted by molar-refractivity contribution is 0.628. The van der Waals surface area contributed by atoms with Crippen LogP contribution >= 0.6 is 11.6 Å². The first-order valence-corrected chi connectivity index (χ1v) is 5.46. The third kappa shape index (κ3) is 2.71. The van der Waals surface area contributed by atoms with Crippen molar-refractivity contribution in [1.82, 2.24) is 9.97 Å². The van der Waals surface area contributed by atoms with Crippen LogP contribution in [0.15, 0.2) is 24.4 Å². The smallest absolute Gasteiger partial charge is 0.149 e. The summed E-state index contributed by atoms with van der Waals surface area (Å²) in [5, 5.41) is 3.09. The molecule has 0 fully saturated rings. The molecule has 1 heterocycles. The van der Waals surface area contributed by atoms with Gasteiger partial charge in [0.15, 0.2) is 0 Å². The maximum absolute atomic E-state index is 13.0. The zero-order valence-corrected chi connectivity index (χ0v) is 10.2. The van der Waals surface area contributed by atoms with Crippen LogP contribution in [0, 0.1) is 19.7 Å². The van der Waals surface area contributed by atoms with E-state index in [-0.39, 0.29) is 5.02 Å². The van der Waals surface area contributed by atoms with Gasteiger partial charge in [-0.15, -0.1) is 0 Å². The van der Waals surface area contributed by atoms with E-state index in [1.807, 2.05) is 13.8 Å². The summed E-state index contributed by atoms with van der Waals surface area (Å²) in [4.78, 5) is 8.49. The zero-order valence-electron chi connectivity index (χ0n) is 9.46. The summed E-state index contributed by atoms with van der Waals surface area (Å²) in [6.07, 6.45) is 1.62. The van der Waals surface area contributed by atoms with E-state index in [0.717, 1.165) is 11.4 Å². The molecule has 2 aromatic rings. The van der Waals surface area contributed by atoms with Crippen LogP contribution in [0.4, 0.5) is 15.9 Å². The number of hydrogen-bond acceptors (Lipinski definition) is 3. The number of aryl methyl sites for hydroxylation is 2. The Morgan fingerprint density at radius 1 is 1.24 bits per heavy atom. The number of anilines is 2. The fraction of sp³-hybridized carbons (Fsp3) is 0.167. The van der Waals surface area contributed by atoms with E-state index >= 15 is 0 Å². The van der Waals surface area contributed by atoms with Crippen molar-refractivity contribution < 1.29 is 4.39 Å². The van der Waals surface area contributed by atoms with Crippen molar-refractivity contribution in [2.45, 2.75) is 13.8 Å². The summed E-state index contributed by atoms with van der Waals surface area (Å²) in [6.45, 7) is 3.77. The minimum absolute atomic E-state index is 0.0757. The maximum atomic E-state index is 13.0. The van der Waals surface area contributed by atoms with Crippen LogP contribution in [0.5, 0.6) is 0 Å². The molecule has 88 valence electrons. The first-order valence-electron chi connectivity index (χ1n) is 5.08. The molecule has 0 saturated carbocycles. The number of hydrogen-bond donors (Lipinski definition) is 1. The van der Waals surface area contributed by atoms with Crippen LogP contribution in [-0.2, 0) is 0 Å². The SMILES string of the molecule is Cc1ncc(Nc2ccc(F)c(Cl)c2)nc1C. The van der Waals surface area contributed by atoms with Crippen molar-refractivity contribution in [3.63, 3.8) is 0 Å². The molecule has 0 atom stereocenters. The molecule has 0 unspecified atom stereocenters. The number of nitrogens with one attached hydrogen (secondary N) is 1. The topological polar surface area (TPSA) is 37.8 Å². The highest BCUT2D eigenvalue weighted by atomic mass is 35.5. The Morgan fingerprint density at radius 2 is 2.00 bits per heavy atom. The zero-order chi connectivity index (χ0) is 12.4. The molecule has 1 aromatic carbocycles. The molecule has 5 heteroatoms. The van der Waals surface area contributed by atoms with E-state index in [1.54, 1.807) is 12.3 Å². The minimum atomic E-state index is -0.441.